The maximum absolute atomic E-state index is 12.9. The van der Waals surface area contributed by atoms with E-state index in [4.69, 9.17) is 4.74 Å². The Hall–Kier alpha value is -2.36. The molecule has 2 rings (SSSR count). The first-order chi connectivity index (χ1) is 9.60. The lowest BCUT2D eigenvalue weighted by Gasteiger charge is -2.18. The number of ether oxygens (including phenoxy) is 1. The molecule has 1 unspecified atom stereocenters. The van der Waals surface area contributed by atoms with Crippen molar-refractivity contribution in [1.29, 1.82) is 0 Å². The summed E-state index contributed by atoms with van der Waals surface area (Å²) >= 11 is 0. The van der Waals surface area contributed by atoms with Crippen LogP contribution in [0.1, 0.15) is 17.2 Å². The van der Waals surface area contributed by atoms with Crippen LogP contribution in [0.25, 0.3) is 0 Å². The maximum Gasteiger partial charge on any atom is 0.332 e. The van der Waals surface area contributed by atoms with Crippen molar-refractivity contribution in [3.63, 3.8) is 0 Å². The van der Waals surface area contributed by atoms with E-state index >= 15 is 0 Å². The van der Waals surface area contributed by atoms with Gasteiger partial charge in [0.2, 0.25) is 0 Å². The zero-order chi connectivity index (χ0) is 14.5. The Labute approximate surface area is 117 Å². The van der Waals surface area contributed by atoms with Crippen LogP contribution < -0.4 is 5.32 Å². The second-order valence-corrected chi connectivity index (χ2v) is 4.52. The van der Waals surface area contributed by atoms with Gasteiger partial charge in [0.1, 0.15) is 5.82 Å². The number of aryl methyl sites for hydroxylation is 1. The molecule has 4 heteroatoms. The Morgan fingerprint density at radius 1 is 1.20 bits per heavy atom. The summed E-state index contributed by atoms with van der Waals surface area (Å²) in [5.74, 6) is -0.708. The Morgan fingerprint density at radius 2 is 1.90 bits per heavy atom. The van der Waals surface area contributed by atoms with Crippen molar-refractivity contribution in [2.45, 2.75) is 13.0 Å². The molecule has 20 heavy (non-hydrogen) atoms. The normalized spacial score (nSPS) is 11.8. The van der Waals surface area contributed by atoms with Gasteiger partial charge in [-0.1, -0.05) is 29.8 Å². The molecule has 3 nitrogen and oxygen atoms in total. The molecule has 104 valence electrons. The van der Waals surface area contributed by atoms with Crippen LogP contribution in [0.15, 0.2) is 48.5 Å². The lowest BCUT2D eigenvalue weighted by atomic mass is 10.0. The molecular weight excluding hydrogens is 257 g/mol. The number of esters is 1. The molecule has 0 aromatic heterocycles. The SMILES string of the molecule is COC(=O)C(Nc1ccc(F)cc1)c1cccc(C)c1. The van der Waals surface area contributed by atoms with Gasteiger partial charge in [0.25, 0.3) is 0 Å². The summed E-state index contributed by atoms with van der Waals surface area (Å²) in [6.07, 6.45) is 0. The van der Waals surface area contributed by atoms with Crippen LogP contribution in [-0.2, 0) is 9.53 Å². The number of carbonyl (C=O) groups is 1. The smallest absolute Gasteiger partial charge is 0.332 e. The van der Waals surface area contributed by atoms with E-state index in [1.165, 1.54) is 19.2 Å². The van der Waals surface area contributed by atoms with Gasteiger partial charge in [0.05, 0.1) is 7.11 Å². The number of hydrogen-bond acceptors (Lipinski definition) is 3. The van der Waals surface area contributed by atoms with Crippen molar-refractivity contribution in [1.82, 2.24) is 0 Å². The van der Waals surface area contributed by atoms with Crippen LogP contribution >= 0.6 is 0 Å². The zero-order valence-corrected chi connectivity index (χ0v) is 11.4. The van der Waals surface area contributed by atoms with E-state index in [1.807, 2.05) is 31.2 Å². The molecule has 0 aliphatic carbocycles. The van der Waals surface area contributed by atoms with Gasteiger partial charge >= 0.3 is 5.97 Å². The molecule has 0 aliphatic heterocycles. The largest absolute Gasteiger partial charge is 0.467 e. The first-order valence-corrected chi connectivity index (χ1v) is 6.26. The highest BCUT2D eigenvalue weighted by Crippen LogP contribution is 2.22. The number of benzene rings is 2. The van der Waals surface area contributed by atoms with E-state index in [9.17, 15) is 9.18 Å². The first kappa shape index (κ1) is 14.1. The molecule has 2 aromatic carbocycles. The molecule has 0 saturated carbocycles. The highest BCUT2D eigenvalue weighted by Gasteiger charge is 2.21. The van der Waals surface area contributed by atoms with Gasteiger partial charge in [-0.3, -0.25) is 0 Å². The third-order valence-electron chi connectivity index (χ3n) is 2.97. The van der Waals surface area contributed by atoms with Crippen molar-refractivity contribution in [2.24, 2.45) is 0 Å². The van der Waals surface area contributed by atoms with E-state index < -0.39 is 6.04 Å². The number of hydrogen-bond donors (Lipinski definition) is 1. The maximum atomic E-state index is 12.9. The Morgan fingerprint density at radius 3 is 2.50 bits per heavy atom. The van der Waals surface area contributed by atoms with Crippen LogP contribution in [0, 0.1) is 12.7 Å². The minimum absolute atomic E-state index is 0.319. The minimum atomic E-state index is -0.620. The van der Waals surface area contributed by atoms with Crippen LogP contribution in [0.5, 0.6) is 0 Å². The summed E-state index contributed by atoms with van der Waals surface area (Å²) in [4.78, 5) is 11.9. The van der Waals surface area contributed by atoms with Crippen molar-refractivity contribution in [3.05, 3.63) is 65.5 Å². The topological polar surface area (TPSA) is 38.3 Å². The molecule has 1 atom stereocenters. The molecule has 0 bridgehead atoms. The van der Waals surface area contributed by atoms with Crippen LogP contribution in [-0.4, -0.2) is 13.1 Å². The highest BCUT2D eigenvalue weighted by atomic mass is 19.1. The van der Waals surface area contributed by atoms with E-state index in [0.29, 0.717) is 5.69 Å². The van der Waals surface area contributed by atoms with Crippen molar-refractivity contribution in [2.75, 3.05) is 12.4 Å². The lowest BCUT2D eigenvalue weighted by Crippen LogP contribution is -2.22. The van der Waals surface area contributed by atoms with Crippen molar-refractivity contribution < 1.29 is 13.9 Å². The van der Waals surface area contributed by atoms with Gasteiger partial charge in [-0.2, -0.15) is 0 Å². The third-order valence-corrected chi connectivity index (χ3v) is 2.97. The molecule has 0 aliphatic rings. The van der Waals surface area contributed by atoms with Gasteiger partial charge in [-0.05, 0) is 36.8 Å². The number of nitrogens with one attached hydrogen (secondary N) is 1. The first-order valence-electron chi connectivity index (χ1n) is 6.26. The van der Waals surface area contributed by atoms with E-state index in [1.54, 1.807) is 12.1 Å². The highest BCUT2D eigenvalue weighted by molar-refractivity contribution is 5.81. The quantitative estimate of drug-likeness (QED) is 0.867. The second kappa shape index (κ2) is 6.19. The summed E-state index contributed by atoms with van der Waals surface area (Å²) in [5.41, 5.74) is 2.52. The van der Waals surface area contributed by atoms with E-state index in [0.717, 1.165) is 11.1 Å². The average molecular weight is 273 g/mol. The summed E-state index contributed by atoms with van der Waals surface area (Å²) in [5, 5.41) is 3.06. The molecule has 0 radical (unpaired) electrons. The monoisotopic (exact) mass is 273 g/mol. The molecule has 0 saturated heterocycles. The Bertz CT molecular complexity index is 596. The standard InChI is InChI=1S/C16H16FNO2/c1-11-4-3-5-12(10-11)15(16(19)20-2)18-14-8-6-13(17)7-9-14/h3-10,15,18H,1-2H3. The fraction of sp³-hybridized carbons (Fsp3) is 0.188. The molecule has 0 spiro atoms. The Kier molecular flexibility index (Phi) is 4.35. The van der Waals surface area contributed by atoms with Crippen LogP contribution in [0.3, 0.4) is 0 Å². The van der Waals surface area contributed by atoms with Gasteiger partial charge in [-0.25, -0.2) is 9.18 Å². The number of anilines is 1. The summed E-state index contributed by atoms with van der Waals surface area (Å²) in [7, 11) is 1.34. The third kappa shape index (κ3) is 3.35. The summed E-state index contributed by atoms with van der Waals surface area (Å²) in [6.45, 7) is 1.95. The van der Waals surface area contributed by atoms with Crippen molar-refractivity contribution in [3.8, 4) is 0 Å². The predicted molar refractivity (Wildman–Crippen MR) is 76.0 cm³/mol. The van der Waals surface area contributed by atoms with E-state index in [-0.39, 0.29) is 11.8 Å². The number of carbonyl (C=O) groups excluding carboxylic acids is 1. The molecule has 2 aromatic rings. The molecule has 0 amide bonds. The number of methoxy groups -OCH3 is 1. The summed E-state index contributed by atoms with van der Waals surface area (Å²) < 4.78 is 17.7. The van der Waals surface area contributed by atoms with E-state index in [2.05, 4.69) is 5.32 Å². The molecule has 0 heterocycles. The van der Waals surface area contributed by atoms with Crippen LogP contribution in [0.2, 0.25) is 0 Å². The van der Waals surface area contributed by atoms with Crippen LogP contribution in [0.4, 0.5) is 10.1 Å². The second-order valence-electron chi connectivity index (χ2n) is 4.52. The molecule has 0 fully saturated rings. The van der Waals surface area contributed by atoms with Crippen molar-refractivity contribution >= 4 is 11.7 Å². The lowest BCUT2D eigenvalue weighted by molar-refractivity contribution is -0.141. The van der Waals surface area contributed by atoms with Gasteiger partial charge in [0, 0.05) is 5.69 Å². The number of halogens is 1. The molecular formula is C16H16FNO2. The fourth-order valence-electron chi connectivity index (χ4n) is 1.96. The average Bonchev–Trinajstić information content (AvgIpc) is 2.46. The summed E-state index contributed by atoms with van der Waals surface area (Å²) in [6, 6.07) is 12.8. The van der Waals surface area contributed by atoms with Gasteiger partial charge in [-0.15, -0.1) is 0 Å². The zero-order valence-electron chi connectivity index (χ0n) is 11.4. The minimum Gasteiger partial charge on any atom is -0.467 e. The number of rotatable bonds is 4. The van der Waals surface area contributed by atoms with Gasteiger partial charge in [0.15, 0.2) is 6.04 Å². The fourth-order valence-corrected chi connectivity index (χ4v) is 1.96. The predicted octanol–water partition coefficient (Wildman–Crippen LogP) is 3.46. The van der Waals surface area contributed by atoms with Gasteiger partial charge < -0.3 is 10.1 Å². The Balaban J connectivity index is 2.28. The molecule has 1 N–H and O–H groups in total.